The predicted octanol–water partition coefficient (Wildman–Crippen LogP) is 2.24. The highest BCUT2D eigenvalue weighted by Gasteiger charge is 2.29. The monoisotopic (exact) mass is 520 g/mol. The van der Waals surface area contributed by atoms with Gasteiger partial charge in [-0.25, -0.2) is 14.4 Å². The minimum absolute atomic E-state index is 0.186. The van der Waals surface area contributed by atoms with Crippen LogP contribution in [-0.4, -0.2) is 74.9 Å². The molecule has 1 amide bonds. The lowest BCUT2D eigenvalue weighted by Crippen LogP contribution is -2.53. The van der Waals surface area contributed by atoms with Gasteiger partial charge in [0.25, 0.3) is 5.91 Å². The molecule has 3 aromatic heterocycles. The molecule has 1 aliphatic heterocycles. The largest absolute Gasteiger partial charge is 0.390 e. The number of aliphatic hydroxyl groups is 1. The number of carbonyl (C=O) groups excluding carboxylic acids is 1. The minimum Gasteiger partial charge on any atom is -0.390 e. The summed E-state index contributed by atoms with van der Waals surface area (Å²) in [5.41, 5.74) is 4.73. The van der Waals surface area contributed by atoms with Crippen molar-refractivity contribution in [1.82, 2.24) is 29.8 Å². The molecule has 5 rings (SSSR count). The molecule has 4 aromatic rings. The first-order valence-corrected chi connectivity index (χ1v) is 12.6. The second-order valence-corrected chi connectivity index (χ2v) is 9.70. The van der Waals surface area contributed by atoms with Gasteiger partial charge in [-0.2, -0.15) is 14.9 Å². The van der Waals surface area contributed by atoms with Crippen molar-refractivity contribution in [3.63, 3.8) is 0 Å². The summed E-state index contributed by atoms with van der Waals surface area (Å²) in [6, 6.07) is 12.0. The van der Waals surface area contributed by atoms with Gasteiger partial charge >= 0.3 is 0 Å². The third-order valence-corrected chi connectivity index (χ3v) is 7.25. The molecule has 1 aromatic carbocycles. The molecule has 0 radical (unpaired) electrons. The number of amides is 1. The van der Waals surface area contributed by atoms with Crippen LogP contribution in [-0.2, 0) is 13.2 Å². The maximum Gasteiger partial charge on any atom is 0.270 e. The topological polar surface area (TPSA) is 123 Å². The molecule has 1 atom stereocenters. The predicted molar refractivity (Wildman–Crippen MR) is 137 cm³/mol. The molecule has 0 unspecified atom stereocenters. The van der Waals surface area contributed by atoms with E-state index in [2.05, 4.69) is 26.3 Å². The van der Waals surface area contributed by atoms with Crippen molar-refractivity contribution in [1.29, 1.82) is 5.26 Å². The van der Waals surface area contributed by atoms with E-state index in [1.807, 2.05) is 11.9 Å². The number of hydrogen-bond acceptors (Lipinski definition) is 9. The van der Waals surface area contributed by atoms with Crippen molar-refractivity contribution in [2.75, 3.05) is 38.3 Å². The molecule has 0 bridgehead atoms. The zero-order chi connectivity index (χ0) is 25.9. The summed E-state index contributed by atoms with van der Waals surface area (Å²) in [5.74, 6) is 0.196. The first-order valence-electron chi connectivity index (χ1n) is 11.7. The minimum atomic E-state index is -0.550. The van der Waals surface area contributed by atoms with Gasteiger partial charge in [0.2, 0.25) is 0 Å². The Morgan fingerprint density at radius 2 is 2.11 bits per heavy atom. The Bertz CT molecular complexity index is 1460. The Kier molecular flexibility index (Phi) is 7.09. The molecule has 0 spiro atoms. The Labute approximate surface area is 216 Å². The maximum absolute atomic E-state index is 14.1. The van der Waals surface area contributed by atoms with Crippen LogP contribution < -0.4 is 10.2 Å². The molecular weight excluding hydrogens is 495 g/mol. The van der Waals surface area contributed by atoms with E-state index in [0.717, 1.165) is 12.1 Å². The zero-order valence-electron chi connectivity index (χ0n) is 20.1. The first-order chi connectivity index (χ1) is 18.0. The number of rotatable bonds is 7. The quantitative estimate of drug-likeness (QED) is 0.380. The zero-order valence-corrected chi connectivity index (χ0v) is 21.0. The van der Waals surface area contributed by atoms with Gasteiger partial charge in [0.1, 0.15) is 23.9 Å². The smallest absolute Gasteiger partial charge is 0.270 e. The third-order valence-electron chi connectivity index (χ3n) is 6.36. The van der Waals surface area contributed by atoms with Crippen LogP contribution in [0.25, 0.3) is 16.2 Å². The summed E-state index contributed by atoms with van der Waals surface area (Å²) in [6.45, 7) is 1.33. The number of anilines is 1. The van der Waals surface area contributed by atoms with Crippen molar-refractivity contribution in [3.8, 4) is 16.6 Å². The van der Waals surface area contributed by atoms with Gasteiger partial charge in [0, 0.05) is 38.3 Å². The number of nitriles is 1. The van der Waals surface area contributed by atoms with E-state index >= 15 is 0 Å². The highest BCUT2D eigenvalue weighted by Crippen LogP contribution is 2.30. The van der Waals surface area contributed by atoms with Crippen LogP contribution in [0.2, 0.25) is 0 Å². The molecule has 1 fully saturated rings. The van der Waals surface area contributed by atoms with Gasteiger partial charge in [-0.05, 0) is 24.7 Å². The fourth-order valence-corrected chi connectivity index (χ4v) is 5.15. The number of halogens is 1. The molecule has 0 saturated carbocycles. The number of nitrogens with one attached hydrogen (secondary N) is 1. The number of alkyl halides is 1. The molecule has 1 aliphatic rings. The van der Waals surface area contributed by atoms with Gasteiger partial charge in [0.05, 0.1) is 40.4 Å². The lowest BCUT2D eigenvalue weighted by Gasteiger charge is -2.40. The van der Waals surface area contributed by atoms with E-state index in [4.69, 9.17) is 10.4 Å². The van der Waals surface area contributed by atoms with Crippen LogP contribution >= 0.6 is 11.3 Å². The number of carbonyl (C=O) groups is 1. The molecule has 190 valence electrons. The Balaban J connectivity index is 1.52. The maximum atomic E-state index is 14.1. The van der Waals surface area contributed by atoms with Crippen molar-refractivity contribution in [2.24, 2.45) is 0 Å². The second-order valence-electron chi connectivity index (χ2n) is 8.84. The number of likely N-dealkylation sites (N-methyl/N-ethyl adjacent to an activating group) is 1. The summed E-state index contributed by atoms with van der Waals surface area (Å²) >= 11 is 1.35. The van der Waals surface area contributed by atoms with Crippen LogP contribution in [0.1, 0.15) is 27.3 Å². The van der Waals surface area contributed by atoms with E-state index in [9.17, 15) is 14.3 Å². The summed E-state index contributed by atoms with van der Waals surface area (Å²) in [4.78, 5) is 26.6. The Morgan fingerprint density at radius 1 is 1.30 bits per heavy atom. The van der Waals surface area contributed by atoms with Gasteiger partial charge < -0.3 is 20.2 Å². The number of nitrogens with zero attached hydrogens (tertiary/aromatic N) is 7. The average Bonchev–Trinajstić information content (AvgIpc) is 3.58. The molecule has 1 saturated heterocycles. The lowest BCUT2D eigenvalue weighted by atomic mass is 10.1. The number of thiazole rings is 1. The number of benzene rings is 1. The summed E-state index contributed by atoms with van der Waals surface area (Å²) in [5, 5.41) is 26.2. The van der Waals surface area contributed by atoms with E-state index in [1.165, 1.54) is 11.3 Å². The standard InChI is InChI=1S/C25H25FN8O2S/c1-32-6-7-33(18(10-26)13-32)23-9-20(25(36)28-12-17-4-2-16(11-27)3-5-17)30-22-8-19(31-34(22)23)24-21(14-35)29-15-37-24/h2-5,8-9,15,18,35H,6-7,10,12-14H2,1H3,(H,28,36)/t18-/m1/s1. The molecule has 0 aliphatic carbocycles. The van der Waals surface area contributed by atoms with Crippen molar-refractivity contribution in [3.05, 3.63) is 64.4 Å². The van der Waals surface area contributed by atoms with E-state index in [1.54, 1.807) is 46.4 Å². The SMILES string of the molecule is CN1CCN(c2cc(C(=O)NCc3ccc(C#N)cc3)nc3cc(-c4scnc4CO)nn23)[C@H](CF)C1. The first kappa shape index (κ1) is 24.8. The number of hydrogen-bond donors (Lipinski definition) is 2. The second kappa shape index (κ2) is 10.6. The summed E-state index contributed by atoms with van der Waals surface area (Å²) < 4.78 is 15.7. The van der Waals surface area contributed by atoms with Crippen LogP contribution in [0.3, 0.4) is 0 Å². The van der Waals surface area contributed by atoms with Crippen molar-refractivity contribution in [2.45, 2.75) is 19.2 Å². The van der Waals surface area contributed by atoms with E-state index < -0.39 is 12.7 Å². The molecule has 12 heteroatoms. The normalized spacial score (nSPS) is 16.2. The van der Waals surface area contributed by atoms with Gasteiger partial charge in [-0.1, -0.05) is 12.1 Å². The Morgan fingerprint density at radius 3 is 2.84 bits per heavy atom. The van der Waals surface area contributed by atoms with Crippen LogP contribution in [0.5, 0.6) is 0 Å². The number of aromatic nitrogens is 4. The number of fused-ring (bicyclic) bond motifs is 1. The van der Waals surface area contributed by atoms with Gasteiger partial charge in [0.15, 0.2) is 5.65 Å². The van der Waals surface area contributed by atoms with Gasteiger partial charge in [-0.3, -0.25) is 4.79 Å². The van der Waals surface area contributed by atoms with Crippen molar-refractivity contribution < 1.29 is 14.3 Å². The summed E-state index contributed by atoms with van der Waals surface area (Å²) in [7, 11) is 1.95. The van der Waals surface area contributed by atoms with Crippen molar-refractivity contribution >= 4 is 28.7 Å². The molecule has 10 nitrogen and oxygen atoms in total. The highest BCUT2D eigenvalue weighted by atomic mass is 32.1. The molecule has 37 heavy (non-hydrogen) atoms. The highest BCUT2D eigenvalue weighted by molar-refractivity contribution is 7.13. The third kappa shape index (κ3) is 5.01. The van der Waals surface area contributed by atoms with E-state index in [-0.39, 0.29) is 24.8 Å². The Hall–Kier alpha value is -3.92. The fraction of sp³-hybridized carbons (Fsp3) is 0.320. The van der Waals surface area contributed by atoms with E-state index in [0.29, 0.717) is 46.4 Å². The van der Waals surface area contributed by atoms with Crippen LogP contribution in [0.15, 0.2) is 41.9 Å². The average molecular weight is 521 g/mol. The van der Waals surface area contributed by atoms with Crippen LogP contribution in [0.4, 0.5) is 10.2 Å². The number of aliphatic hydroxyl groups excluding tert-OH is 1. The summed E-state index contributed by atoms with van der Waals surface area (Å²) in [6.07, 6.45) is 0. The molecule has 4 heterocycles. The van der Waals surface area contributed by atoms with Gasteiger partial charge in [-0.15, -0.1) is 11.3 Å². The van der Waals surface area contributed by atoms with Crippen LogP contribution in [0, 0.1) is 11.3 Å². The molecular formula is C25H25FN8O2S. The lowest BCUT2D eigenvalue weighted by molar-refractivity contribution is 0.0946. The fourth-order valence-electron chi connectivity index (χ4n) is 4.39. The number of piperazine rings is 1. The molecule has 2 N–H and O–H groups in total.